The van der Waals surface area contributed by atoms with Crippen molar-refractivity contribution in [2.24, 2.45) is 11.8 Å². The number of hydrogen-bond acceptors (Lipinski definition) is 3. The van der Waals surface area contributed by atoms with Crippen LogP contribution in [0.25, 0.3) is 0 Å². The highest BCUT2D eigenvalue weighted by molar-refractivity contribution is 7.94. The molecule has 3 nitrogen and oxygen atoms in total. The summed E-state index contributed by atoms with van der Waals surface area (Å²) < 4.78 is 21.6. The summed E-state index contributed by atoms with van der Waals surface area (Å²) in [6.07, 6.45) is 0. The molecule has 1 saturated carbocycles. The van der Waals surface area contributed by atoms with Crippen LogP contribution in [0.2, 0.25) is 0 Å². The Morgan fingerprint density at radius 1 is 1.50 bits per heavy atom. The minimum atomic E-state index is -2.95. The van der Waals surface area contributed by atoms with E-state index in [1.54, 1.807) is 6.92 Å². The molecule has 0 aromatic rings. The fourth-order valence-corrected chi connectivity index (χ4v) is 4.05. The number of ketones is 1. The number of hydrogen-bond donors (Lipinski definition) is 0. The molecule has 2 aliphatic rings. The van der Waals surface area contributed by atoms with E-state index in [0.717, 1.165) is 0 Å². The SMILES string of the molecule is C[C@H]1C(=O)[C@@H]2[C@@H]1CS2(=O)=O. The summed E-state index contributed by atoms with van der Waals surface area (Å²) in [5.41, 5.74) is 0. The van der Waals surface area contributed by atoms with Crippen molar-refractivity contribution in [2.45, 2.75) is 12.2 Å². The van der Waals surface area contributed by atoms with Gasteiger partial charge >= 0.3 is 0 Å². The van der Waals surface area contributed by atoms with E-state index in [1.165, 1.54) is 0 Å². The topological polar surface area (TPSA) is 51.2 Å². The van der Waals surface area contributed by atoms with E-state index < -0.39 is 15.1 Å². The number of carbonyl (C=O) groups is 1. The molecule has 0 aromatic heterocycles. The second kappa shape index (κ2) is 1.44. The van der Waals surface area contributed by atoms with E-state index >= 15 is 0 Å². The van der Waals surface area contributed by atoms with Crippen LogP contribution in [0.4, 0.5) is 0 Å². The molecule has 0 spiro atoms. The third-order valence-electron chi connectivity index (χ3n) is 2.57. The summed E-state index contributed by atoms with van der Waals surface area (Å²) >= 11 is 0. The summed E-state index contributed by atoms with van der Waals surface area (Å²) in [4.78, 5) is 10.9. The lowest BCUT2D eigenvalue weighted by molar-refractivity contribution is -0.132. The van der Waals surface area contributed by atoms with Crippen LogP contribution in [-0.2, 0) is 14.6 Å². The highest BCUT2D eigenvalue weighted by Crippen LogP contribution is 2.45. The van der Waals surface area contributed by atoms with E-state index in [4.69, 9.17) is 0 Å². The van der Waals surface area contributed by atoms with E-state index in [-0.39, 0.29) is 23.4 Å². The van der Waals surface area contributed by atoms with Crippen molar-refractivity contribution in [3.63, 3.8) is 0 Å². The first-order valence-electron chi connectivity index (χ1n) is 3.29. The lowest BCUT2D eigenvalue weighted by atomic mass is 9.73. The van der Waals surface area contributed by atoms with Gasteiger partial charge in [-0.1, -0.05) is 6.92 Å². The van der Waals surface area contributed by atoms with Gasteiger partial charge in [-0.05, 0) is 0 Å². The third kappa shape index (κ3) is 0.471. The van der Waals surface area contributed by atoms with Gasteiger partial charge in [-0.3, -0.25) is 4.79 Å². The first kappa shape index (κ1) is 6.34. The van der Waals surface area contributed by atoms with E-state index in [0.29, 0.717) is 0 Å². The predicted molar refractivity (Wildman–Crippen MR) is 35.2 cm³/mol. The van der Waals surface area contributed by atoms with Crippen molar-refractivity contribution in [1.29, 1.82) is 0 Å². The van der Waals surface area contributed by atoms with Crippen molar-refractivity contribution < 1.29 is 13.2 Å². The Morgan fingerprint density at radius 2 is 2.10 bits per heavy atom. The van der Waals surface area contributed by atoms with Crippen LogP contribution in [0.3, 0.4) is 0 Å². The Kier molecular flexibility index (Phi) is 0.915. The normalized spacial score (nSPS) is 48.9. The van der Waals surface area contributed by atoms with Crippen LogP contribution in [0, 0.1) is 11.8 Å². The van der Waals surface area contributed by atoms with Crippen LogP contribution in [0.15, 0.2) is 0 Å². The lowest BCUT2D eigenvalue weighted by Crippen LogP contribution is -2.66. The molecule has 0 amide bonds. The number of fused-ring (bicyclic) bond motifs is 1. The number of carbonyl (C=O) groups excluding carboxylic acids is 1. The molecule has 2 fully saturated rings. The second-order valence-electron chi connectivity index (χ2n) is 3.11. The fourth-order valence-electron chi connectivity index (χ4n) is 1.75. The summed E-state index contributed by atoms with van der Waals surface area (Å²) in [5, 5.41) is -0.595. The van der Waals surface area contributed by atoms with Gasteiger partial charge in [-0.2, -0.15) is 0 Å². The van der Waals surface area contributed by atoms with Gasteiger partial charge in [0.05, 0.1) is 5.75 Å². The molecule has 0 radical (unpaired) electrons. The molecule has 1 aliphatic carbocycles. The lowest BCUT2D eigenvalue weighted by Gasteiger charge is -2.48. The van der Waals surface area contributed by atoms with Crippen molar-refractivity contribution in [2.75, 3.05) is 5.75 Å². The molecule has 1 heterocycles. The van der Waals surface area contributed by atoms with Gasteiger partial charge in [0.1, 0.15) is 5.25 Å². The highest BCUT2D eigenvalue weighted by Gasteiger charge is 2.62. The third-order valence-corrected chi connectivity index (χ3v) is 4.78. The van der Waals surface area contributed by atoms with Crippen molar-refractivity contribution in [3.8, 4) is 0 Å². The summed E-state index contributed by atoms with van der Waals surface area (Å²) in [5.74, 6) is 0.340. The standard InChI is InChI=1S/C6H8O3S/c1-3-4-2-10(8,9)6(4)5(3)7/h3-4,6H,2H2,1H3/t3-,4-,6+/m1/s1. The van der Waals surface area contributed by atoms with Gasteiger partial charge in [-0.15, -0.1) is 0 Å². The molecular weight excluding hydrogens is 152 g/mol. The summed E-state index contributed by atoms with van der Waals surface area (Å²) in [6.45, 7) is 1.80. The van der Waals surface area contributed by atoms with Crippen LogP contribution in [0.1, 0.15) is 6.92 Å². The van der Waals surface area contributed by atoms with Crippen LogP contribution < -0.4 is 0 Å². The largest absolute Gasteiger partial charge is 0.298 e. The molecule has 0 unspecified atom stereocenters. The predicted octanol–water partition coefficient (Wildman–Crippen LogP) is -0.382. The molecule has 2 rings (SSSR count). The van der Waals surface area contributed by atoms with Crippen LogP contribution in [0.5, 0.6) is 0 Å². The second-order valence-corrected chi connectivity index (χ2v) is 5.27. The average molecular weight is 160 g/mol. The molecule has 3 atom stereocenters. The van der Waals surface area contributed by atoms with E-state index in [1.807, 2.05) is 0 Å². The molecule has 0 N–H and O–H groups in total. The molecule has 4 heteroatoms. The zero-order valence-corrected chi connectivity index (χ0v) is 6.39. The maximum absolute atomic E-state index is 10.9. The van der Waals surface area contributed by atoms with E-state index in [9.17, 15) is 13.2 Å². The molecule has 1 saturated heterocycles. The summed E-state index contributed by atoms with van der Waals surface area (Å²) in [7, 11) is -2.95. The molecule has 56 valence electrons. The number of rotatable bonds is 0. The number of sulfone groups is 1. The van der Waals surface area contributed by atoms with Crippen molar-refractivity contribution in [1.82, 2.24) is 0 Å². The Morgan fingerprint density at radius 3 is 2.40 bits per heavy atom. The number of Topliss-reactive ketones (excluding diaryl/α,β-unsaturated/α-hetero) is 1. The Labute approximate surface area is 59.3 Å². The molecule has 0 aromatic carbocycles. The minimum absolute atomic E-state index is 0.00789. The fraction of sp³-hybridized carbons (Fsp3) is 0.833. The average Bonchev–Trinajstić information content (AvgIpc) is 1.83. The van der Waals surface area contributed by atoms with E-state index in [2.05, 4.69) is 0 Å². The first-order chi connectivity index (χ1) is 4.54. The maximum Gasteiger partial charge on any atom is 0.160 e. The zero-order valence-electron chi connectivity index (χ0n) is 5.57. The van der Waals surface area contributed by atoms with Crippen LogP contribution in [-0.4, -0.2) is 25.2 Å². The van der Waals surface area contributed by atoms with Crippen LogP contribution >= 0.6 is 0 Å². The van der Waals surface area contributed by atoms with Gasteiger partial charge < -0.3 is 0 Å². The van der Waals surface area contributed by atoms with Gasteiger partial charge in [-0.25, -0.2) is 8.42 Å². The monoisotopic (exact) mass is 160 g/mol. The quantitative estimate of drug-likeness (QED) is 0.485. The highest BCUT2D eigenvalue weighted by atomic mass is 32.2. The van der Waals surface area contributed by atoms with Gasteiger partial charge in [0.15, 0.2) is 15.6 Å². The maximum atomic E-state index is 10.9. The molecule has 10 heavy (non-hydrogen) atoms. The van der Waals surface area contributed by atoms with Crippen molar-refractivity contribution in [3.05, 3.63) is 0 Å². The Hall–Kier alpha value is -0.380. The minimum Gasteiger partial charge on any atom is -0.298 e. The molecular formula is C6H8O3S. The Balaban J connectivity index is 2.31. The van der Waals surface area contributed by atoms with Crippen molar-refractivity contribution >= 4 is 15.6 Å². The Bertz CT molecular complexity index is 290. The molecule has 1 aliphatic heterocycles. The summed E-state index contributed by atoms with van der Waals surface area (Å²) in [6, 6.07) is 0. The smallest absolute Gasteiger partial charge is 0.160 e. The van der Waals surface area contributed by atoms with Gasteiger partial charge in [0.2, 0.25) is 0 Å². The van der Waals surface area contributed by atoms with Gasteiger partial charge in [0.25, 0.3) is 0 Å². The van der Waals surface area contributed by atoms with Gasteiger partial charge in [0, 0.05) is 11.8 Å². The zero-order chi connectivity index (χ0) is 7.52. The first-order valence-corrected chi connectivity index (χ1v) is 5.01. The molecule has 0 bridgehead atoms.